The van der Waals surface area contributed by atoms with Crippen LogP contribution in [0.5, 0.6) is 0 Å². The second kappa shape index (κ2) is 4.43. The highest BCUT2D eigenvalue weighted by Gasteiger charge is 2.59. The lowest BCUT2D eigenvalue weighted by molar-refractivity contribution is -0.572. The van der Waals surface area contributed by atoms with E-state index in [1.165, 1.54) is 4.58 Å². The first-order valence-corrected chi connectivity index (χ1v) is 5.14. The SMILES string of the molecule is C=[N+]1CCCC1(CC(F)(F)F)C(=O)OCC. The third-order valence-electron chi connectivity index (χ3n) is 2.77. The number of nitrogens with zero attached hydrogens (tertiary/aromatic N) is 1. The molecular weight excluding hydrogens is 223 g/mol. The van der Waals surface area contributed by atoms with Gasteiger partial charge in [-0.05, 0) is 6.92 Å². The number of alkyl halides is 3. The molecule has 1 saturated heterocycles. The molecule has 1 atom stereocenters. The molecule has 0 aromatic carbocycles. The van der Waals surface area contributed by atoms with Gasteiger partial charge in [0.1, 0.15) is 19.7 Å². The second-order valence-electron chi connectivity index (χ2n) is 3.91. The average molecular weight is 238 g/mol. The Morgan fingerprint density at radius 1 is 1.56 bits per heavy atom. The quantitative estimate of drug-likeness (QED) is 0.553. The maximum atomic E-state index is 12.5. The molecule has 0 aliphatic carbocycles. The summed E-state index contributed by atoms with van der Waals surface area (Å²) in [5.74, 6) is -0.820. The molecular formula is C10H15F3NO2+. The standard InChI is InChI=1S/C10H15F3NO2/c1-3-16-8(15)9(7-10(11,12)13)5-4-6-14(9)2/h2-7H2,1H3/q+1. The van der Waals surface area contributed by atoms with Crippen molar-refractivity contribution in [2.75, 3.05) is 13.2 Å². The molecule has 0 amide bonds. The van der Waals surface area contributed by atoms with Crippen LogP contribution in [0, 0.1) is 0 Å². The highest BCUT2D eigenvalue weighted by Crippen LogP contribution is 2.37. The third kappa shape index (κ3) is 2.54. The fourth-order valence-electron chi connectivity index (χ4n) is 2.04. The lowest BCUT2D eigenvalue weighted by Gasteiger charge is -2.23. The molecule has 1 heterocycles. The molecule has 1 aliphatic heterocycles. The van der Waals surface area contributed by atoms with Gasteiger partial charge in [0.2, 0.25) is 0 Å². The lowest BCUT2D eigenvalue weighted by atomic mass is 9.92. The van der Waals surface area contributed by atoms with E-state index in [1.807, 2.05) is 0 Å². The van der Waals surface area contributed by atoms with E-state index in [4.69, 9.17) is 4.74 Å². The molecule has 1 unspecified atom stereocenters. The van der Waals surface area contributed by atoms with Crippen molar-refractivity contribution in [1.82, 2.24) is 0 Å². The minimum Gasteiger partial charge on any atom is -0.461 e. The van der Waals surface area contributed by atoms with Crippen molar-refractivity contribution >= 4 is 12.7 Å². The fourth-order valence-corrected chi connectivity index (χ4v) is 2.04. The van der Waals surface area contributed by atoms with Crippen LogP contribution in [0.15, 0.2) is 0 Å². The van der Waals surface area contributed by atoms with Crippen molar-refractivity contribution in [3.8, 4) is 0 Å². The molecule has 1 rings (SSSR count). The summed E-state index contributed by atoms with van der Waals surface area (Å²) < 4.78 is 43.3. The molecule has 6 heteroatoms. The maximum absolute atomic E-state index is 12.5. The number of rotatable bonds is 3. The van der Waals surface area contributed by atoms with E-state index in [9.17, 15) is 18.0 Å². The zero-order valence-corrected chi connectivity index (χ0v) is 9.14. The first-order valence-electron chi connectivity index (χ1n) is 5.14. The summed E-state index contributed by atoms with van der Waals surface area (Å²) in [5.41, 5.74) is -1.62. The van der Waals surface area contributed by atoms with Crippen LogP contribution in [-0.4, -0.2) is 42.1 Å². The molecule has 0 bridgehead atoms. The second-order valence-corrected chi connectivity index (χ2v) is 3.91. The van der Waals surface area contributed by atoms with E-state index in [0.717, 1.165) is 0 Å². The monoisotopic (exact) mass is 238 g/mol. The summed E-state index contributed by atoms with van der Waals surface area (Å²) in [6.45, 7) is 5.54. The molecule has 0 spiro atoms. The zero-order chi connectivity index (χ0) is 12.4. The molecule has 0 N–H and O–H groups in total. The number of carbonyl (C=O) groups excluding carboxylic acids is 1. The summed E-state index contributed by atoms with van der Waals surface area (Å²) in [6.07, 6.45) is -4.91. The van der Waals surface area contributed by atoms with E-state index in [1.54, 1.807) is 6.92 Å². The number of ether oxygens (including phenoxy) is 1. The molecule has 16 heavy (non-hydrogen) atoms. The molecule has 0 radical (unpaired) electrons. The molecule has 3 nitrogen and oxygen atoms in total. The minimum atomic E-state index is -4.40. The van der Waals surface area contributed by atoms with Gasteiger partial charge in [-0.3, -0.25) is 0 Å². The van der Waals surface area contributed by atoms with Gasteiger partial charge < -0.3 is 4.74 Å². The normalized spacial score (nSPS) is 25.9. The van der Waals surface area contributed by atoms with Gasteiger partial charge in [0.25, 0.3) is 5.54 Å². The lowest BCUT2D eigenvalue weighted by Crippen LogP contribution is -2.49. The van der Waals surface area contributed by atoms with E-state index in [-0.39, 0.29) is 13.0 Å². The summed E-state index contributed by atoms with van der Waals surface area (Å²) in [4.78, 5) is 11.7. The molecule has 0 aromatic heterocycles. The smallest absolute Gasteiger partial charge is 0.396 e. The van der Waals surface area contributed by atoms with Gasteiger partial charge >= 0.3 is 12.1 Å². The van der Waals surface area contributed by atoms with Crippen molar-refractivity contribution in [1.29, 1.82) is 0 Å². The van der Waals surface area contributed by atoms with Gasteiger partial charge in [-0.25, -0.2) is 9.37 Å². The van der Waals surface area contributed by atoms with Gasteiger partial charge in [-0.1, -0.05) is 0 Å². The first kappa shape index (κ1) is 13.0. The van der Waals surface area contributed by atoms with E-state index in [0.29, 0.717) is 13.0 Å². The number of carbonyl (C=O) groups is 1. The number of hydrogen-bond acceptors (Lipinski definition) is 2. The van der Waals surface area contributed by atoms with Crippen LogP contribution in [-0.2, 0) is 9.53 Å². The van der Waals surface area contributed by atoms with Crippen LogP contribution in [0.4, 0.5) is 13.2 Å². The fraction of sp³-hybridized carbons (Fsp3) is 0.800. The van der Waals surface area contributed by atoms with Crippen LogP contribution >= 0.6 is 0 Å². The van der Waals surface area contributed by atoms with Crippen molar-refractivity contribution in [2.24, 2.45) is 0 Å². The van der Waals surface area contributed by atoms with E-state index < -0.39 is 24.1 Å². The van der Waals surface area contributed by atoms with Crippen LogP contribution in [0.3, 0.4) is 0 Å². The van der Waals surface area contributed by atoms with Crippen molar-refractivity contribution in [3.63, 3.8) is 0 Å². The van der Waals surface area contributed by atoms with E-state index in [2.05, 4.69) is 6.72 Å². The summed E-state index contributed by atoms with van der Waals surface area (Å²) in [7, 11) is 0. The predicted molar refractivity (Wildman–Crippen MR) is 51.5 cm³/mol. The topological polar surface area (TPSA) is 29.3 Å². The predicted octanol–water partition coefficient (Wildman–Crippen LogP) is 1.75. The van der Waals surface area contributed by atoms with Gasteiger partial charge in [-0.2, -0.15) is 13.2 Å². The molecule has 0 aromatic rings. The number of halogens is 3. The van der Waals surface area contributed by atoms with Gasteiger partial charge in [0.05, 0.1) is 6.61 Å². The average Bonchev–Trinajstić information content (AvgIpc) is 2.46. The van der Waals surface area contributed by atoms with Gasteiger partial charge in [0, 0.05) is 12.8 Å². The molecule has 1 aliphatic rings. The van der Waals surface area contributed by atoms with Gasteiger partial charge in [-0.15, -0.1) is 0 Å². The third-order valence-corrected chi connectivity index (χ3v) is 2.77. The Labute approximate surface area is 91.9 Å². The maximum Gasteiger partial charge on any atom is 0.396 e. The Bertz CT molecular complexity index is 301. The Balaban J connectivity index is 2.94. The summed E-state index contributed by atoms with van der Waals surface area (Å²) in [6, 6.07) is 0. The zero-order valence-electron chi connectivity index (χ0n) is 9.14. The molecule has 0 saturated carbocycles. The van der Waals surface area contributed by atoms with Crippen LogP contribution in [0.2, 0.25) is 0 Å². The van der Waals surface area contributed by atoms with Gasteiger partial charge in [0.15, 0.2) is 0 Å². The highest BCUT2D eigenvalue weighted by molar-refractivity contribution is 5.79. The van der Waals surface area contributed by atoms with Crippen molar-refractivity contribution < 1.29 is 27.3 Å². The Hall–Kier alpha value is -1.07. The molecule has 1 fully saturated rings. The Morgan fingerprint density at radius 3 is 2.56 bits per heavy atom. The first-order chi connectivity index (χ1) is 7.32. The Morgan fingerprint density at radius 2 is 2.19 bits per heavy atom. The molecule has 92 valence electrons. The van der Waals surface area contributed by atoms with Crippen molar-refractivity contribution in [2.45, 2.75) is 37.9 Å². The van der Waals surface area contributed by atoms with Crippen LogP contribution in [0.1, 0.15) is 26.2 Å². The Kier molecular flexibility index (Phi) is 3.60. The number of hydrogen-bond donors (Lipinski definition) is 0. The van der Waals surface area contributed by atoms with Crippen LogP contribution in [0.25, 0.3) is 0 Å². The van der Waals surface area contributed by atoms with Crippen molar-refractivity contribution in [3.05, 3.63) is 0 Å². The van der Waals surface area contributed by atoms with E-state index >= 15 is 0 Å². The summed E-state index contributed by atoms with van der Waals surface area (Å²) >= 11 is 0. The largest absolute Gasteiger partial charge is 0.461 e. The highest BCUT2D eigenvalue weighted by atomic mass is 19.4. The minimum absolute atomic E-state index is 0.0757. The summed E-state index contributed by atoms with van der Waals surface area (Å²) in [5, 5.41) is 0. The van der Waals surface area contributed by atoms with Crippen LogP contribution < -0.4 is 0 Å². The number of esters is 1.